The standard InChI is InChI=1S/C36H58N2O5/c1-7-11-12-13-14-15-16-17-18-19-20-21-22-23-28-24-25-29(37)34(41-8-2)32(28)33-30(35(39)42-9-3)26(5)38-27(6)31(33)36(40)43-10-4/h24-25,33,38H,7-23,37H2,1-6H3. The van der Waals surface area contributed by atoms with E-state index in [1.54, 1.807) is 13.8 Å². The maximum Gasteiger partial charge on any atom is 0.336 e. The zero-order chi connectivity index (χ0) is 31.6. The van der Waals surface area contributed by atoms with Crippen molar-refractivity contribution in [3.63, 3.8) is 0 Å². The third-order valence-electron chi connectivity index (χ3n) is 8.19. The summed E-state index contributed by atoms with van der Waals surface area (Å²) in [5.74, 6) is -1.14. The van der Waals surface area contributed by atoms with Crippen LogP contribution in [0.4, 0.5) is 5.69 Å². The Hall–Kier alpha value is -2.96. The number of esters is 2. The van der Waals surface area contributed by atoms with Crippen LogP contribution < -0.4 is 15.8 Å². The predicted molar refractivity (Wildman–Crippen MR) is 176 cm³/mol. The number of hydrogen-bond acceptors (Lipinski definition) is 7. The van der Waals surface area contributed by atoms with E-state index < -0.39 is 17.9 Å². The minimum absolute atomic E-state index is 0.223. The zero-order valence-corrected chi connectivity index (χ0v) is 27.9. The molecule has 0 bridgehead atoms. The second kappa shape index (κ2) is 20.1. The molecule has 0 aromatic heterocycles. The van der Waals surface area contributed by atoms with Gasteiger partial charge in [0, 0.05) is 17.0 Å². The maximum atomic E-state index is 13.4. The summed E-state index contributed by atoms with van der Waals surface area (Å²) in [5.41, 5.74) is 10.8. The zero-order valence-electron chi connectivity index (χ0n) is 27.9. The first-order valence-corrected chi connectivity index (χ1v) is 16.9. The largest absolute Gasteiger partial charge is 0.491 e. The number of anilines is 1. The molecule has 1 aliphatic rings. The predicted octanol–water partition coefficient (Wildman–Crippen LogP) is 8.66. The summed E-state index contributed by atoms with van der Waals surface area (Å²) >= 11 is 0. The number of allylic oxidation sites excluding steroid dienone is 2. The van der Waals surface area contributed by atoms with E-state index in [1.807, 2.05) is 32.9 Å². The summed E-state index contributed by atoms with van der Waals surface area (Å²) in [5, 5.41) is 3.22. The molecule has 1 aromatic rings. The van der Waals surface area contributed by atoms with Crippen LogP contribution in [0.15, 0.2) is 34.7 Å². The number of carbonyl (C=O) groups excluding carboxylic acids is 2. The number of hydrogen-bond donors (Lipinski definition) is 2. The van der Waals surface area contributed by atoms with Gasteiger partial charge in [-0.3, -0.25) is 0 Å². The Labute approximate surface area is 261 Å². The molecule has 242 valence electrons. The van der Waals surface area contributed by atoms with Crippen LogP contribution in [0.2, 0.25) is 0 Å². The Morgan fingerprint density at radius 3 is 1.60 bits per heavy atom. The first-order valence-electron chi connectivity index (χ1n) is 16.9. The number of nitrogens with one attached hydrogen (secondary N) is 1. The average molecular weight is 599 g/mol. The normalized spacial score (nSPS) is 13.7. The smallest absolute Gasteiger partial charge is 0.336 e. The fourth-order valence-electron chi connectivity index (χ4n) is 6.07. The molecule has 0 aliphatic carbocycles. The van der Waals surface area contributed by atoms with Crippen LogP contribution in [0.1, 0.15) is 142 Å². The summed E-state index contributed by atoms with van der Waals surface area (Å²) in [4.78, 5) is 26.8. The van der Waals surface area contributed by atoms with Crippen molar-refractivity contribution in [2.24, 2.45) is 0 Å². The van der Waals surface area contributed by atoms with Crippen molar-refractivity contribution in [3.05, 3.63) is 45.8 Å². The highest BCUT2D eigenvalue weighted by Crippen LogP contribution is 2.46. The van der Waals surface area contributed by atoms with Gasteiger partial charge in [0.1, 0.15) is 5.75 Å². The Morgan fingerprint density at radius 2 is 1.16 bits per heavy atom. The Kier molecular flexibility index (Phi) is 16.9. The van der Waals surface area contributed by atoms with Gasteiger partial charge < -0.3 is 25.3 Å². The number of nitrogens with two attached hydrogens (primary N) is 1. The number of dihydropyridines is 1. The molecule has 0 saturated carbocycles. The summed E-state index contributed by atoms with van der Waals surface area (Å²) in [6.45, 7) is 12.2. The molecule has 0 fully saturated rings. The van der Waals surface area contributed by atoms with E-state index in [9.17, 15) is 9.59 Å². The van der Waals surface area contributed by atoms with Gasteiger partial charge in [-0.25, -0.2) is 9.59 Å². The van der Waals surface area contributed by atoms with E-state index in [0.717, 1.165) is 30.4 Å². The Morgan fingerprint density at radius 1 is 0.698 bits per heavy atom. The van der Waals surface area contributed by atoms with E-state index >= 15 is 0 Å². The minimum Gasteiger partial charge on any atom is -0.491 e. The summed E-state index contributed by atoms with van der Waals surface area (Å²) < 4.78 is 17.1. The first-order chi connectivity index (χ1) is 20.8. The number of unbranched alkanes of at least 4 members (excludes halogenated alkanes) is 12. The highest BCUT2D eigenvalue weighted by Gasteiger charge is 2.41. The maximum absolute atomic E-state index is 13.4. The second-order valence-corrected chi connectivity index (χ2v) is 11.6. The summed E-state index contributed by atoms with van der Waals surface area (Å²) in [6.07, 6.45) is 17.5. The Bertz CT molecular complexity index is 1050. The third kappa shape index (κ3) is 10.9. The number of carbonyl (C=O) groups is 2. The molecular formula is C36H58N2O5. The Balaban J connectivity index is 2.24. The van der Waals surface area contributed by atoms with E-state index in [1.165, 1.54) is 70.6 Å². The fourth-order valence-corrected chi connectivity index (χ4v) is 6.07. The van der Waals surface area contributed by atoms with Gasteiger partial charge in [0.15, 0.2) is 0 Å². The van der Waals surface area contributed by atoms with Crippen molar-refractivity contribution in [1.82, 2.24) is 5.32 Å². The van der Waals surface area contributed by atoms with Crippen molar-refractivity contribution >= 4 is 17.6 Å². The van der Waals surface area contributed by atoms with Crippen molar-refractivity contribution in [2.75, 3.05) is 25.6 Å². The highest BCUT2D eigenvalue weighted by atomic mass is 16.5. The van der Waals surface area contributed by atoms with Gasteiger partial charge in [0.2, 0.25) is 0 Å². The van der Waals surface area contributed by atoms with Crippen molar-refractivity contribution in [2.45, 2.75) is 137 Å². The molecule has 1 aliphatic heterocycles. The molecular weight excluding hydrogens is 540 g/mol. The quantitative estimate of drug-likeness (QED) is 0.0829. The van der Waals surface area contributed by atoms with Gasteiger partial charge in [-0.05, 0) is 59.1 Å². The van der Waals surface area contributed by atoms with E-state index in [-0.39, 0.29) is 13.2 Å². The lowest BCUT2D eigenvalue weighted by molar-refractivity contribution is -0.139. The van der Waals surface area contributed by atoms with E-state index in [2.05, 4.69) is 12.2 Å². The molecule has 43 heavy (non-hydrogen) atoms. The highest BCUT2D eigenvalue weighted by molar-refractivity contribution is 6.00. The van der Waals surface area contributed by atoms with Crippen molar-refractivity contribution in [3.8, 4) is 5.75 Å². The van der Waals surface area contributed by atoms with Gasteiger partial charge in [0.25, 0.3) is 0 Å². The number of nitrogen functional groups attached to an aromatic ring is 1. The van der Waals surface area contributed by atoms with Gasteiger partial charge in [0.05, 0.1) is 42.6 Å². The molecule has 0 atom stereocenters. The van der Waals surface area contributed by atoms with Crippen LogP contribution in [0.3, 0.4) is 0 Å². The molecule has 1 aromatic carbocycles. The van der Waals surface area contributed by atoms with Crippen LogP contribution in [0.5, 0.6) is 5.75 Å². The summed E-state index contributed by atoms with van der Waals surface area (Å²) in [6, 6.07) is 3.89. The van der Waals surface area contributed by atoms with Gasteiger partial charge >= 0.3 is 11.9 Å². The molecule has 2 rings (SSSR count). The molecule has 0 spiro atoms. The minimum atomic E-state index is -0.721. The number of aryl methyl sites for hydroxylation is 1. The molecule has 7 nitrogen and oxygen atoms in total. The number of benzene rings is 1. The summed E-state index contributed by atoms with van der Waals surface area (Å²) in [7, 11) is 0. The third-order valence-corrected chi connectivity index (χ3v) is 8.19. The van der Waals surface area contributed by atoms with Gasteiger partial charge in [-0.1, -0.05) is 90.0 Å². The lowest BCUT2D eigenvalue weighted by Gasteiger charge is -2.33. The van der Waals surface area contributed by atoms with Crippen LogP contribution in [0.25, 0.3) is 0 Å². The van der Waals surface area contributed by atoms with Crippen LogP contribution in [-0.4, -0.2) is 31.8 Å². The molecule has 7 heteroatoms. The molecule has 0 amide bonds. The van der Waals surface area contributed by atoms with Gasteiger partial charge in [-0.15, -0.1) is 0 Å². The average Bonchev–Trinajstić information content (AvgIpc) is 2.97. The van der Waals surface area contributed by atoms with Gasteiger partial charge in [-0.2, -0.15) is 0 Å². The van der Waals surface area contributed by atoms with Crippen molar-refractivity contribution in [1.29, 1.82) is 0 Å². The lowest BCUT2D eigenvalue weighted by atomic mass is 9.77. The first kappa shape index (κ1) is 36.2. The SMILES string of the molecule is CCCCCCCCCCCCCCCc1ccc(N)c(OCC)c1C1C(C(=O)OCC)=C(C)NC(C)=C1C(=O)OCC. The molecule has 0 unspecified atom stereocenters. The van der Waals surface area contributed by atoms with Crippen LogP contribution in [0, 0.1) is 0 Å². The molecule has 0 radical (unpaired) electrons. The molecule has 1 heterocycles. The van der Waals surface area contributed by atoms with Crippen LogP contribution in [-0.2, 0) is 25.5 Å². The molecule has 3 N–H and O–H groups in total. The fraction of sp³-hybridized carbons (Fsp3) is 0.667. The molecule has 0 saturated heterocycles. The van der Waals surface area contributed by atoms with Crippen molar-refractivity contribution < 1.29 is 23.8 Å². The van der Waals surface area contributed by atoms with E-state index in [0.29, 0.717) is 40.6 Å². The lowest BCUT2D eigenvalue weighted by Crippen LogP contribution is -2.33. The monoisotopic (exact) mass is 598 g/mol. The second-order valence-electron chi connectivity index (χ2n) is 11.6. The van der Waals surface area contributed by atoms with E-state index in [4.69, 9.17) is 19.9 Å². The number of ether oxygens (including phenoxy) is 3. The number of rotatable bonds is 21. The van der Waals surface area contributed by atoms with Crippen LogP contribution >= 0.6 is 0 Å². The topological polar surface area (TPSA) is 99.9 Å².